The average molecular weight is 183 g/mol. The number of aromatic nitrogens is 2. The Morgan fingerprint density at radius 1 is 1.62 bits per heavy atom. The van der Waals surface area contributed by atoms with E-state index in [0.29, 0.717) is 19.0 Å². The maximum atomic E-state index is 11.2. The third-order valence-corrected chi connectivity index (χ3v) is 1.61. The third-order valence-electron chi connectivity index (χ3n) is 1.61. The van der Waals surface area contributed by atoms with Crippen LogP contribution in [0.1, 0.15) is 6.42 Å². The van der Waals surface area contributed by atoms with Crippen molar-refractivity contribution >= 4 is 5.82 Å². The first kappa shape index (κ1) is 9.73. The van der Waals surface area contributed by atoms with Gasteiger partial charge in [-0.25, -0.2) is 4.68 Å². The lowest BCUT2D eigenvalue weighted by Crippen LogP contribution is -2.23. The predicted molar refractivity (Wildman–Crippen MR) is 49.4 cm³/mol. The van der Waals surface area contributed by atoms with E-state index in [-0.39, 0.29) is 5.56 Å². The van der Waals surface area contributed by atoms with E-state index in [1.54, 1.807) is 7.11 Å². The number of rotatable bonds is 4. The van der Waals surface area contributed by atoms with E-state index in [1.165, 1.54) is 16.8 Å². The van der Waals surface area contributed by atoms with Crippen molar-refractivity contribution in [1.29, 1.82) is 0 Å². The molecule has 1 aromatic rings. The molecule has 0 aliphatic rings. The van der Waals surface area contributed by atoms with E-state index >= 15 is 0 Å². The highest BCUT2D eigenvalue weighted by atomic mass is 16.5. The molecule has 0 radical (unpaired) electrons. The van der Waals surface area contributed by atoms with Crippen molar-refractivity contribution in [2.45, 2.75) is 13.0 Å². The molecule has 0 saturated carbocycles. The van der Waals surface area contributed by atoms with Gasteiger partial charge < -0.3 is 10.5 Å². The standard InChI is InChI=1S/C8H13N3O2/c1-13-6-2-5-11-8(12)4-3-7(9)10-11/h3-4H,2,5-6H2,1H3,(H2,9,10). The predicted octanol–water partition coefficient (Wildman–Crippen LogP) is -0.138. The second-order valence-electron chi connectivity index (χ2n) is 2.67. The molecule has 5 nitrogen and oxygen atoms in total. The summed E-state index contributed by atoms with van der Waals surface area (Å²) in [5.74, 6) is 0.358. The molecule has 1 aromatic heterocycles. The minimum absolute atomic E-state index is 0.134. The van der Waals surface area contributed by atoms with E-state index in [4.69, 9.17) is 10.5 Å². The Morgan fingerprint density at radius 2 is 2.38 bits per heavy atom. The summed E-state index contributed by atoms with van der Waals surface area (Å²) in [5.41, 5.74) is 5.30. The smallest absolute Gasteiger partial charge is 0.266 e. The van der Waals surface area contributed by atoms with Gasteiger partial charge in [-0.1, -0.05) is 0 Å². The Morgan fingerprint density at radius 3 is 3.08 bits per heavy atom. The monoisotopic (exact) mass is 183 g/mol. The van der Waals surface area contributed by atoms with Gasteiger partial charge in [-0.3, -0.25) is 4.79 Å². The summed E-state index contributed by atoms with van der Waals surface area (Å²) in [7, 11) is 1.62. The number of hydrogen-bond acceptors (Lipinski definition) is 4. The molecule has 0 aromatic carbocycles. The van der Waals surface area contributed by atoms with Crippen LogP contribution in [0.15, 0.2) is 16.9 Å². The highest BCUT2D eigenvalue weighted by Crippen LogP contribution is 1.91. The first-order valence-corrected chi connectivity index (χ1v) is 4.06. The fourth-order valence-electron chi connectivity index (χ4n) is 0.984. The summed E-state index contributed by atoms with van der Waals surface area (Å²) in [6, 6.07) is 2.91. The van der Waals surface area contributed by atoms with Crippen molar-refractivity contribution in [1.82, 2.24) is 9.78 Å². The van der Waals surface area contributed by atoms with Crippen LogP contribution in [0.5, 0.6) is 0 Å². The second kappa shape index (κ2) is 4.61. The molecule has 0 unspecified atom stereocenters. The molecule has 0 saturated heterocycles. The highest BCUT2D eigenvalue weighted by Gasteiger charge is 1.96. The fourth-order valence-corrected chi connectivity index (χ4v) is 0.984. The topological polar surface area (TPSA) is 70.1 Å². The number of aryl methyl sites for hydroxylation is 1. The summed E-state index contributed by atoms with van der Waals surface area (Å²) >= 11 is 0. The molecule has 5 heteroatoms. The summed E-state index contributed by atoms with van der Waals surface area (Å²) in [6.07, 6.45) is 0.757. The van der Waals surface area contributed by atoms with E-state index in [2.05, 4.69) is 5.10 Å². The van der Waals surface area contributed by atoms with E-state index in [1.807, 2.05) is 0 Å². The highest BCUT2D eigenvalue weighted by molar-refractivity contribution is 5.23. The van der Waals surface area contributed by atoms with E-state index < -0.39 is 0 Å². The summed E-state index contributed by atoms with van der Waals surface area (Å²) < 4.78 is 6.20. The maximum Gasteiger partial charge on any atom is 0.266 e. The molecule has 0 aliphatic heterocycles. The number of nitrogens with two attached hydrogens (primary N) is 1. The van der Waals surface area contributed by atoms with Gasteiger partial charge in [0.25, 0.3) is 5.56 Å². The van der Waals surface area contributed by atoms with Crippen LogP contribution in [-0.4, -0.2) is 23.5 Å². The molecule has 0 atom stereocenters. The Kier molecular flexibility index (Phi) is 3.45. The largest absolute Gasteiger partial charge is 0.385 e. The normalized spacial score (nSPS) is 10.2. The average Bonchev–Trinajstić information content (AvgIpc) is 2.11. The molecule has 13 heavy (non-hydrogen) atoms. The summed E-state index contributed by atoms with van der Waals surface area (Å²) in [4.78, 5) is 11.2. The van der Waals surface area contributed by atoms with E-state index in [9.17, 15) is 4.79 Å². The van der Waals surface area contributed by atoms with Crippen LogP contribution >= 0.6 is 0 Å². The van der Waals surface area contributed by atoms with E-state index in [0.717, 1.165) is 6.42 Å². The number of anilines is 1. The molecule has 72 valence electrons. The van der Waals surface area contributed by atoms with Crippen molar-refractivity contribution < 1.29 is 4.74 Å². The Balaban J connectivity index is 2.65. The lowest BCUT2D eigenvalue weighted by molar-refractivity contribution is 0.188. The number of hydrogen-bond donors (Lipinski definition) is 1. The van der Waals surface area contributed by atoms with Gasteiger partial charge in [0.2, 0.25) is 0 Å². The van der Waals surface area contributed by atoms with Crippen molar-refractivity contribution in [3.63, 3.8) is 0 Å². The van der Waals surface area contributed by atoms with Crippen LogP contribution in [0, 0.1) is 0 Å². The van der Waals surface area contributed by atoms with Gasteiger partial charge >= 0.3 is 0 Å². The first-order chi connectivity index (χ1) is 6.24. The molecule has 0 fully saturated rings. The van der Waals surface area contributed by atoms with Crippen molar-refractivity contribution in [2.24, 2.45) is 0 Å². The van der Waals surface area contributed by atoms with Gasteiger partial charge in [0.15, 0.2) is 0 Å². The van der Waals surface area contributed by atoms with Crippen LogP contribution in [0.4, 0.5) is 5.82 Å². The number of methoxy groups -OCH3 is 1. The van der Waals surface area contributed by atoms with Gasteiger partial charge in [-0.15, -0.1) is 0 Å². The van der Waals surface area contributed by atoms with Gasteiger partial charge in [-0.2, -0.15) is 5.10 Å². The zero-order valence-electron chi connectivity index (χ0n) is 7.56. The molecule has 1 rings (SSSR count). The summed E-state index contributed by atoms with van der Waals surface area (Å²) in [6.45, 7) is 1.15. The summed E-state index contributed by atoms with van der Waals surface area (Å²) in [5, 5.41) is 3.87. The van der Waals surface area contributed by atoms with Crippen molar-refractivity contribution in [2.75, 3.05) is 19.5 Å². The van der Waals surface area contributed by atoms with Gasteiger partial charge in [-0.05, 0) is 12.5 Å². The molecule has 0 bridgehead atoms. The van der Waals surface area contributed by atoms with Crippen LogP contribution in [0.25, 0.3) is 0 Å². The number of nitrogens with zero attached hydrogens (tertiary/aromatic N) is 2. The number of nitrogen functional groups attached to an aromatic ring is 1. The molecular weight excluding hydrogens is 170 g/mol. The Bertz CT molecular complexity index is 321. The second-order valence-corrected chi connectivity index (χ2v) is 2.67. The maximum absolute atomic E-state index is 11.2. The lowest BCUT2D eigenvalue weighted by atomic mass is 10.4. The van der Waals surface area contributed by atoms with Crippen LogP contribution in [-0.2, 0) is 11.3 Å². The lowest BCUT2D eigenvalue weighted by Gasteiger charge is -2.03. The minimum atomic E-state index is -0.134. The molecule has 1 heterocycles. The van der Waals surface area contributed by atoms with Crippen LogP contribution < -0.4 is 11.3 Å². The Hall–Kier alpha value is -1.36. The molecular formula is C8H13N3O2. The Labute approximate surface area is 76.1 Å². The molecule has 0 spiro atoms. The quantitative estimate of drug-likeness (QED) is 0.660. The van der Waals surface area contributed by atoms with Gasteiger partial charge in [0, 0.05) is 26.3 Å². The van der Waals surface area contributed by atoms with Crippen molar-refractivity contribution in [3.05, 3.63) is 22.5 Å². The third kappa shape index (κ3) is 2.87. The van der Waals surface area contributed by atoms with Gasteiger partial charge in [0.05, 0.1) is 0 Å². The zero-order valence-corrected chi connectivity index (χ0v) is 7.56. The van der Waals surface area contributed by atoms with Crippen LogP contribution in [0.2, 0.25) is 0 Å². The van der Waals surface area contributed by atoms with Crippen molar-refractivity contribution in [3.8, 4) is 0 Å². The fraction of sp³-hybridized carbons (Fsp3) is 0.500. The molecule has 0 amide bonds. The number of ether oxygens (including phenoxy) is 1. The molecule has 0 aliphatic carbocycles. The zero-order chi connectivity index (χ0) is 9.68. The minimum Gasteiger partial charge on any atom is -0.385 e. The SMILES string of the molecule is COCCCn1nc(N)ccc1=O. The first-order valence-electron chi connectivity index (χ1n) is 4.06. The van der Waals surface area contributed by atoms with Gasteiger partial charge in [0.1, 0.15) is 5.82 Å². The molecule has 2 N–H and O–H groups in total. The van der Waals surface area contributed by atoms with Crippen LogP contribution in [0.3, 0.4) is 0 Å².